The number of alkyl halides is 1. The van der Waals surface area contributed by atoms with Gasteiger partial charge in [-0.25, -0.2) is 0 Å². The molecule has 1 unspecified atom stereocenters. The molecule has 2 rings (SSSR count). The zero-order valence-electron chi connectivity index (χ0n) is 11.4. The summed E-state index contributed by atoms with van der Waals surface area (Å²) in [5, 5.41) is 0. The summed E-state index contributed by atoms with van der Waals surface area (Å²) in [6.45, 7) is 1.92. The van der Waals surface area contributed by atoms with Crippen molar-refractivity contribution in [3.05, 3.63) is 0 Å². The summed E-state index contributed by atoms with van der Waals surface area (Å²) >= 11 is 5.78. The van der Waals surface area contributed by atoms with Crippen LogP contribution in [0.2, 0.25) is 0 Å². The zero-order valence-corrected chi connectivity index (χ0v) is 12.1. The highest BCUT2D eigenvalue weighted by atomic mass is 35.5. The maximum atomic E-state index is 12.3. The average molecular weight is 272 g/mol. The Morgan fingerprint density at radius 1 is 1.06 bits per heavy atom. The predicted molar refractivity (Wildman–Crippen MR) is 75.8 cm³/mol. The summed E-state index contributed by atoms with van der Waals surface area (Å²) in [5.74, 6) is 2.45. The lowest BCUT2D eigenvalue weighted by molar-refractivity contribution is -0.131. The first-order chi connectivity index (χ1) is 8.79. The lowest BCUT2D eigenvalue weighted by Crippen LogP contribution is -2.30. The van der Waals surface area contributed by atoms with Crippen LogP contribution in [-0.4, -0.2) is 29.8 Å². The van der Waals surface area contributed by atoms with Crippen LogP contribution in [0.25, 0.3) is 0 Å². The molecule has 1 saturated carbocycles. The van der Waals surface area contributed by atoms with Crippen molar-refractivity contribution in [1.82, 2.24) is 4.90 Å². The van der Waals surface area contributed by atoms with Crippen LogP contribution in [0.4, 0.5) is 0 Å². The van der Waals surface area contributed by atoms with E-state index in [-0.39, 0.29) is 0 Å². The second-order valence-electron chi connectivity index (χ2n) is 6.03. The summed E-state index contributed by atoms with van der Waals surface area (Å²) in [4.78, 5) is 14.4. The minimum atomic E-state index is 0.402. The molecule has 2 nitrogen and oxygen atoms in total. The normalized spacial score (nSPS) is 26.3. The number of amides is 1. The molecule has 0 bridgehead atoms. The zero-order chi connectivity index (χ0) is 12.8. The highest BCUT2D eigenvalue weighted by Gasteiger charge is 2.27. The first kappa shape index (κ1) is 14.2. The summed E-state index contributed by atoms with van der Waals surface area (Å²) in [6, 6.07) is 0. The van der Waals surface area contributed by atoms with E-state index in [0.717, 1.165) is 38.2 Å². The van der Waals surface area contributed by atoms with Crippen molar-refractivity contribution >= 4 is 17.5 Å². The Morgan fingerprint density at radius 3 is 2.44 bits per heavy atom. The molecule has 0 radical (unpaired) electrons. The fourth-order valence-electron chi connectivity index (χ4n) is 3.39. The fraction of sp³-hybridized carbons (Fsp3) is 0.933. The number of hydrogen-bond acceptors (Lipinski definition) is 1. The maximum Gasteiger partial charge on any atom is 0.222 e. The maximum absolute atomic E-state index is 12.3. The van der Waals surface area contributed by atoms with Gasteiger partial charge in [-0.2, -0.15) is 0 Å². The number of rotatable bonds is 4. The molecule has 2 fully saturated rings. The molecular weight excluding hydrogens is 246 g/mol. The minimum absolute atomic E-state index is 0.402. The van der Waals surface area contributed by atoms with Gasteiger partial charge in [-0.1, -0.05) is 25.7 Å². The topological polar surface area (TPSA) is 20.3 Å². The highest BCUT2D eigenvalue weighted by Crippen LogP contribution is 2.27. The highest BCUT2D eigenvalue weighted by molar-refractivity contribution is 6.17. The predicted octanol–water partition coefficient (Wildman–Crippen LogP) is 3.82. The average Bonchev–Trinajstić information content (AvgIpc) is 2.67. The molecule has 0 aromatic heterocycles. The SMILES string of the molecule is O=C(CC1CCCCCC1)N1CCC(CCCl)C1. The number of likely N-dealkylation sites (tertiary alicyclic amines) is 1. The van der Waals surface area contributed by atoms with Crippen LogP contribution in [0.15, 0.2) is 0 Å². The van der Waals surface area contributed by atoms with E-state index in [2.05, 4.69) is 4.90 Å². The minimum Gasteiger partial charge on any atom is -0.342 e. The van der Waals surface area contributed by atoms with Gasteiger partial charge in [0.05, 0.1) is 0 Å². The van der Waals surface area contributed by atoms with Gasteiger partial charge < -0.3 is 4.90 Å². The van der Waals surface area contributed by atoms with Gasteiger partial charge in [-0.15, -0.1) is 11.6 Å². The molecule has 1 saturated heterocycles. The van der Waals surface area contributed by atoms with Crippen LogP contribution in [0, 0.1) is 11.8 Å². The lowest BCUT2D eigenvalue weighted by Gasteiger charge is -2.20. The molecule has 0 aromatic rings. The smallest absolute Gasteiger partial charge is 0.222 e. The van der Waals surface area contributed by atoms with Crippen LogP contribution < -0.4 is 0 Å². The van der Waals surface area contributed by atoms with Gasteiger partial charge in [0.1, 0.15) is 0 Å². The first-order valence-electron chi connectivity index (χ1n) is 7.63. The number of hydrogen-bond donors (Lipinski definition) is 0. The van der Waals surface area contributed by atoms with E-state index in [1.165, 1.54) is 38.5 Å². The quantitative estimate of drug-likeness (QED) is 0.562. The summed E-state index contributed by atoms with van der Waals surface area (Å²) in [7, 11) is 0. The van der Waals surface area contributed by atoms with Crippen molar-refractivity contribution in [1.29, 1.82) is 0 Å². The third-order valence-corrected chi connectivity index (χ3v) is 4.81. The second-order valence-corrected chi connectivity index (χ2v) is 6.41. The third-order valence-electron chi connectivity index (χ3n) is 4.59. The summed E-state index contributed by atoms with van der Waals surface area (Å²) < 4.78 is 0. The Bertz CT molecular complexity index is 261. The molecule has 0 spiro atoms. The van der Waals surface area contributed by atoms with Crippen LogP contribution >= 0.6 is 11.6 Å². The van der Waals surface area contributed by atoms with Gasteiger partial charge in [0.25, 0.3) is 0 Å². The standard InChI is InChI=1S/C15H26ClNO/c16-9-7-14-8-10-17(12-14)15(18)11-13-5-3-1-2-4-6-13/h13-14H,1-12H2. The Kier molecular flexibility index (Phi) is 5.81. The third kappa shape index (κ3) is 4.15. The van der Waals surface area contributed by atoms with Crippen molar-refractivity contribution in [3.8, 4) is 0 Å². The Morgan fingerprint density at radius 2 is 1.78 bits per heavy atom. The van der Waals surface area contributed by atoms with Crippen molar-refractivity contribution in [2.24, 2.45) is 11.8 Å². The van der Waals surface area contributed by atoms with E-state index in [1.54, 1.807) is 0 Å². The number of carbonyl (C=O) groups excluding carboxylic acids is 1. The fourth-order valence-corrected chi connectivity index (χ4v) is 3.70. The largest absolute Gasteiger partial charge is 0.342 e. The van der Waals surface area contributed by atoms with E-state index >= 15 is 0 Å². The molecule has 1 amide bonds. The molecule has 3 heteroatoms. The van der Waals surface area contributed by atoms with E-state index in [4.69, 9.17) is 11.6 Å². The molecule has 1 atom stereocenters. The Balaban J connectivity index is 1.74. The molecule has 104 valence electrons. The van der Waals surface area contributed by atoms with Gasteiger partial charge >= 0.3 is 0 Å². The van der Waals surface area contributed by atoms with Crippen LogP contribution in [-0.2, 0) is 4.79 Å². The summed E-state index contributed by atoms with van der Waals surface area (Å²) in [6.07, 6.45) is 10.9. The molecule has 1 heterocycles. The molecule has 18 heavy (non-hydrogen) atoms. The van der Waals surface area contributed by atoms with Gasteiger partial charge in [0.2, 0.25) is 5.91 Å². The molecule has 1 aliphatic heterocycles. The second kappa shape index (κ2) is 7.37. The number of carbonyl (C=O) groups is 1. The Hall–Kier alpha value is -0.240. The first-order valence-corrected chi connectivity index (χ1v) is 8.17. The molecule has 2 aliphatic rings. The van der Waals surface area contributed by atoms with Crippen LogP contribution in [0.3, 0.4) is 0 Å². The van der Waals surface area contributed by atoms with Crippen molar-refractivity contribution < 1.29 is 4.79 Å². The summed E-state index contributed by atoms with van der Waals surface area (Å²) in [5.41, 5.74) is 0. The number of nitrogens with zero attached hydrogens (tertiary/aromatic N) is 1. The van der Waals surface area contributed by atoms with Crippen LogP contribution in [0.1, 0.15) is 57.8 Å². The Labute approximate surface area is 116 Å². The molecule has 0 N–H and O–H groups in total. The molecular formula is C15H26ClNO. The van der Waals surface area contributed by atoms with Gasteiger partial charge in [-0.05, 0) is 37.5 Å². The van der Waals surface area contributed by atoms with E-state index in [0.29, 0.717) is 17.7 Å². The van der Waals surface area contributed by atoms with Crippen molar-refractivity contribution in [2.45, 2.75) is 57.8 Å². The monoisotopic (exact) mass is 271 g/mol. The molecule has 0 aromatic carbocycles. The van der Waals surface area contributed by atoms with E-state index in [1.807, 2.05) is 0 Å². The van der Waals surface area contributed by atoms with Gasteiger partial charge in [-0.3, -0.25) is 4.79 Å². The van der Waals surface area contributed by atoms with Crippen LogP contribution in [0.5, 0.6) is 0 Å². The van der Waals surface area contributed by atoms with E-state index < -0.39 is 0 Å². The van der Waals surface area contributed by atoms with Crippen molar-refractivity contribution in [2.75, 3.05) is 19.0 Å². The van der Waals surface area contributed by atoms with Gasteiger partial charge in [0.15, 0.2) is 0 Å². The van der Waals surface area contributed by atoms with Crippen molar-refractivity contribution in [3.63, 3.8) is 0 Å². The number of halogens is 1. The van der Waals surface area contributed by atoms with Gasteiger partial charge in [0, 0.05) is 25.4 Å². The van der Waals surface area contributed by atoms with E-state index in [9.17, 15) is 4.79 Å². The molecule has 1 aliphatic carbocycles. The lowest BCUT2D eigenvalue weighted by atomic mass is 9.96.